The van der Waals surface area contributed by atoms with E-state index in [9.17, 15) is 58.2 Å². The zero-order valence-corrected chi connectivity index (χ0v) is 28.9. The van der Waals surface area contributed by atoms with Crippen molar-refractivity contribution in [3.8, 4) is 0 Å². The molecule has 296 valence electrons. The van der Waals surface area contributed by atoms with Crippen LogP contribution in [0.5, 0.6) is 0 Å². The molecule has 2 fully saturated rings. The lowest BCUT2D eigenvalue weighted by Gasteiger charge is -2.27. The Bertz CT molecular complexity index is 1430. The highest BCUT2D eigenvalue weighted by Crippen LogP contribution is 2.19. The number of nitrogens with zero attached hydrogens (tertiary/aromatic N) is 2. The van der Waals surface area contributed by atoms with E-state index < -0.39 is 141 Å². The van der Waals surface area contributed by atoms with Crippen molar-refractivity contribution in [2.45, 2.75) is 94.2 Å². The van der Waals surface area contributed by atoms with E-state index in [0.717, 1.165) is 11.8 Å². The van der Waals surface area contributed by atoms with Gasteiger partial charge in [0.1, 0.15) is 30.6 Å². The van der Waals surface area contributed by atoms with Crippen LogP contribution >= 0.6 is 0 Å². The highest BCUT2D eigenvalue weighted by atomic mass is 16.4. The van der Waals surface area contributed by atoms with E-state index in [1.807, 2.05) is 5.32 Å². The largest absolute Gasteiger partial charge is 0.481 e. The number of aliphatic hydroxyl groups excluding tert-OH is 2. The zero-order chi connectivity index (χ0) is 40.0. The Morgan fingerprint density at radius 3 is 1.91 bits per heavy atom. The maximum absolute atomic E-state index is 13.1. The number of hydrogen-bond acceptors (Lipinski definition) is 12. The molecule has 0 bridgehead atoms. The number of aliphatic carboxylic acids is 3. The average Bonchev–Trinajstić information content (AvgIpc) is 3.79. The Balaban J connectivity index is 1.97. The predicted molar refractivity (Wildman–Crippen MR) is 173 cm³/mol. The highest BCUT2D eigenvalue weighted by molar-refractivity contribution is 5.96. The van der Waals surface area contributed by atoms with E-state index in [-0.39, 0.29) is 25.9 Å². The van der Waals surface area contributed by atoms with E-state index in [1.54, 1.807) is 0 Å². The third-order valence-electron chi connectivity index (χ3n) is 8.48. The second-order valence-electron chi connectivity index (χ2n) is 12.5. The molecule has 2 saturated heterocycles. The smallest absolute Gasteiger partial charge is 0.328 e. The van der Waals surface area contributed by atoms with Gasteiger partial charge in [0.05, 0.1) is 25.8 Å². The Morgan fingerprint density at radius 2 is 1.36 bits per heavy atom. The topological polar surface area (TPSA) is 366 Å². The van der Waals surface area contributed by atoms with Crippen LogP contribution in [0.25, 0.3) is 0 Å². The molecular formula is C30H47N8O15+. The van der Waals surface area contributed by atoms with Crippen LogP contribution in [0.1, 0.15) is 51.9 Å². The number of carboxylic acid groups (broad SMARTS) is 3. The third-order valence-corrected chi connectivity index (χ3v) is 8.48. The fourth-order valence-electron chi connectivity index (χ4n) is 5.73. The molecule has 0 aliphatic carbocycles. The number of quaternary nitrogens is 1. The van der Waals surface area contributed by atoms with Crippen LogP contribution < -0.4 is 32.3 Å². The van der Waals surface area contributed by atoms with Crippen molar-refractivity contribution in [3.05, 3.63) is 0 Å². The summed E-state index contributed by atoms with van der Waals surface area (Å²) in [6.07, 6.45) is -1.88. The SMILES string of the molecule is C[C@@H](O)[C@H](NC(=O)[C@H](CO)NC(=O)[C@@H]1CCCN1C(=O)CNC(=O)[C@H](CCC(=O)O)NC(=O)CNC(=O)[C@@H]1CCCN1C(=O)[C@@H]([NH3+])CC(=O)O)C(=O)O. The lowest BCUT2D eigenvalue weighted by atomic mass is 10.1. The summed E-state index contributed by atoms with van der Waals surface area (Å²) in [5.74, 6) is -10.1. The number of rotatable bonds is 20. The normalized spacial score (nSPS) is 19.5. The van der Waals surface area contributed by atoms with Crippen LogP contribution in [-0.2, 0) is 47.9 Å². The van der Waals surface area contributed by atoms with Gasteiger partial charge >= 0.3 is 17.9 Å². The minimum atomic E-state index is -1.73. The second kappa shape index (κ2) is 20.6. The zero-order valence-electron chi connectivity index (χ0n) is 28.9. The van der Waals surface area contributed by atoms with Gasteiger partial charge in [0.15, 0.2) is 12.1 Å². The van der Waals surface area contributed by atoms with Crippen molar-refractivity contribution >= 4 is 59.3 Å². The Morgan fingerprint density at radius 1 is 0.755 bits per heavy atom. The molecule has 0 spiro atoms. The molecule has 0 aromatic carbocycles. The van der Waals surface area contributed by atoms with Crippen LogP contribution in [0, 0.1) is 0 Å². The van der Waals surface area contributed by atoms with Gasteiger partial charge in [0, 0.05) is 19.5 Å². The summed E-state index contributed by atoms with van der Waals surface area (Å²) in [5.41, 5.74) is 3.53. The Kier molecular flexibility index (Phi) is 17.0. The summed E-state index contributed by atoms with van der Waals surface area (Å²) in [6.45, 7) is -0.976. The molecule has 13 N–H and O–H groups in total. The minimum absolute atomic E-state index is 0.0593. The predicted octanol–water partition coefficient (Wildman–Crippen LogP) is -6.94. The summed E-state index contributed by atoms with van der Waals surface area (Å²) < 4.78 is 0. The van der Waals surface area contributed by atoms with Gasteiger partial charge in [-0.1, -0.05) is 0 Å². The first-order chi connectivity index (χ1) is 24.9. The molecule has 2 rings (SSSR count). The number of carboxylic acids is 3. The number of carbonyl (C=O) groups is 10. The molecule has 2 aliphatic rings. The molecule has 23 nitrogen and oxygen atoms in total. The number of hydrogen-bond donors (Lipinski definition) is 11. The lowest BCUT2D eigenvalue weighted by Crippen LogP contribution is -2.69. The van der Waals surface area contributed by atoms with E-state index >= 15 is 0 Å². The first-order valence-electron chi connectivity index (χ1n) is 16.7. The average molecular weight is 760 g/mol. The molecule has 0 radical (unpaired) electrons. The minimum Gasteiger partial charge on any atom is -0.481 e. The fourth-order valence-corrected chi connectivity index (χ4v) is 5.73. The molecule has 7 atom stereocenters. The summed E-state index contributed by atoms with van der Waals surface area (Å²) in [4.78, 5) is 125. The Labute approximate surface area is 302 Å². The first kappa shape index (κ1) is 43.7. The molecule has 2 aliphatic heterocycles. The number of nitrogens with one attached hydrogen (secondary N) is 5. The van der Waals surface area contributed by atoms with Crippen molar-refractivity contribution in [3.63, 3.8) is 0 Å². The molecule has 0 unspecified atom stereocenters. The van der Waals surface area contributed by atoms with E-state index in [0.29, 0.717) is 12.8 Å². The van der Waals surface area contributed by atoms with Crippen molar-refractivity contribution in [2.75, 3.05) is 32.8 Å². The number of carbonyl (C=O) groups excluding carboxylic acids is 7. The molecule has 53 heavy (non-hydrogen) atoms. The second-order valence-corrected chi connectivity index (χ2v) is 12.5. The summed E-state index contributed by atoms with van der Waals surface area (Å²) >= 11 is 0. The molecule has 0 saturated carbocycles. The van der Waals surface area contributed by atoms with Crippen molar-refractivity contribution in [2.24, 2.45) is 0 Å². The maximum atomic E-state index is 13.1. The molecule has 7 amide bonds. The van der Waals surface area contributed by atoms with E-state index in [2.05, 4.69) is 27.0 Å². The lowest BCUT2D eigenvalue weighted by molar-refractivity contribution is -0.405. The summed E-state index contributed by atoms with van der Waals surface area (Å²) in [6, 6.07) is -8.12. The van der Waals surface area contributed by atoms with Gasteiger partial charge in [-0.05, 0) is 39.0 Å². The monoisotopic (exact) mass is 759 g/mol. The maximum Gasteiger partial charge on any atom is 0.328 e. The van der Waals surface area contributed by atoms with Gasteiger partial charge in [-0.15, -0.1) is 0 Å². The molecule has 0 aromatic heterocycles. The number of amides is 7. The molecular weight excluding hydrogens is 712 g/mol. The number of aliphatic hydroxyl groups is 2. The van der Waals surface area contributed by atoms with Gasteiger partial charge in [-0.3, -0.25) is 43.2 Å². The van der Waals surface area contributed by atoms with Gasteiger partial charge in [-0.2, -0.15) is 0 Å². The van der Waals surface area contributed by atoms with Crippen LogP contribution in [0.3, 0.4) is 0 Å². The van der Waals surface area contributed by atoms with Crippen LogP contribution in [0.2, 0.25) is 0 Å². The molecule has 0 aromatic rings. The molecule has 23 heteroatoms. The van der Waals surface area contributed by atoms with E-state index in [4.69, 9.17) is 15.3 Å². The van der Waals surface area contributed by atoms with E-state index in [1.165, 1.54) is 4.90 Å². The molecule has 2 heterocycles. The van der Waals surface area contributed by atoms with Gasteiger partial charge in [0.25, 0.3) is 5.91 Å². The van der Waals surface area contributed by atoms with Crippen molar-refractivity contribution in [1.29, 1.82) is 0 Å². The van der Waals surface area contributed by atoms with Crippen molar-refractivity contribution in [1.82, 2.24) is 36.4 Å². The first-order valence-corrected chi connectivity index (χ1v) is 16.7. The van der Waals surface area contributed by atoms with Gasteiger partial charge < -0.3 is 67.7 Å². The van der Waals surface area contributed by atoms with Gasteiger partial charge in [0.2, 0.25) is 35.4 Å². The highest BCUT2D eigenvalue weighted by Gasteiger charge is 2.39. The fraction of sp³-hybridized carbons (Fsp3) is 0.667. The quantitative estimate of drug-likeness (QED) is 0.0549. The number of likely N-dealkylation sites (tertiary alicyclic amines) is 2. The van der Waals surface area contributed by atoms with Crippen LogP contribution in [0.15, 0.2) is 0 Å². The van der Waals surface area contributed by atoms with Crippen molar-refractivity contribution < 1.29 is 79.2 Å². The summed E-state index contributed by atoms with van der Waals surface area (Å²) in [7, 11) is 0. The standard InChI is InChI=1S/C30H46N8O15/c1-14(40)24(30(52)53)36-26(48)17(13-39)35-28(50)19-5-2-8-37(19)21(42)12-33-25(47)16(6-7-22(43)44)34-20(41)11-32-27(49)18-4-3-9-38(18)29(51)15(31)10-23(45)46/h14-19,24,39-40H,2-13,31H2,1H3,(H,32,49)(H,33,47)(H,34,41)(H,35,50)(H,36,48)(H,43,44)(H,45,46)(H,52,53)/p+1/t14-,15+,16+,17+,18+,19+,24+/m1/s1. The third kappa shape index (κ3) is 13.3. The Hall–Kier alpha value is -5.42. The van der Waals surface area contributed by atoms with Crippen LogP contribution in [-0.4, -0.2) is 170 Å². The van der Waals surface area contributed by atoms with Gasteiger partial charge in [-0.25, -0.2) is 4.79 Å². The summed E-state index contributed by atoms with van der Waals surface area (Å²) in [5, 5.41) is 57.6. The van der Waals surface area contributed by atoms with Crippen LogP contribution in [0.4, 0.5) is 0 Å².